The third-order valence-electron chi connectivity index (χ3n) is 8.34. The van der Waals surface area contributed by atoms with Crippen LogP contribution >= 0.6 is 0 Å². The summed E-state index contributed by atoms with van der Waals surface area (Å²) in [4.78, 5) is 51.5. The Morgan fingerprint density at radius 1 is 0.732 bits per heavy atom. The van der Waals surface area contributed by atoms with Crippen molar-refractivity contribution in [2.45, 2.75) is 26.5 Å². The Bertz CT molecular complexity index is 1850. The predicted octanol–water partition coefficient (Wildman–Crippen LogP) is 6.12. The number of phenolic OH excluding ortho intramolecular Hbond substituents is 1. The number of fused-ring (bicyclic) bond motifs is 3. The van der Waals surface area contributed by atoms with Crippen LogP contribution in [0.1, 0.15) is 71.3 Å². The maximum Gasteiger partial charge on any atom is 0.200 e. The summed E-state index contributed by atoms with van der Waals surface area (Å²) in [6, 6.07) is 21.2. The molecule has 0 saturated heterocycles. The van der Waals surface area contributed by atoms with Crippen LogP contribution in [0.2, 0.25) is 0 Å². The Morgan fingerprint density at radius 2 is 1.37 bits per heavy atom. The molecule has 4 aromatic carbocycles. The molecule has 4 aromatic rings. The van der Waals surface area contributed by atoms with Gasteiger partial charge in [0, 0.05) is 22.3 Å². The molecule has 3 aliphatic rings. The molecule has 0 saturated carbocycles. The Balaban J connectivity index is 1.11. The molecular weight excluding hydrogens is 518 g/mol. The number of hydrogen-bond donors (Lipinski definition) is 2. The largest absolute Gasteiger partial charge is 0.507 e. The van der Waals surface area contributed by atoms with E-state index in [0.717, 1.165) is 11.3 Å². The number of carbonyl (C=O) groups is 4. The molecule has 0 amide bonds. The second kappa shape index (κ2) is 8.99. The van der Waals surface area contributed by atoms with E-state index in [4.69, 9.17) is 4.74 Å². The second-order valence-corrected chi connectivity index (χ2v) is 11.0. The number of ketones is 4. The summed E-state index contributed by atoms with van der Waals surface area (Å²) >= 11 is 0. The van der Waals surface area contributed by atoms with Crippen molar-refractivity contribution in [3.05, 3.63) is 112 Å². The molecule has 0 radical (unpaired) electrons. The Labute approximate surface area is 235 Å². The van der Waals surface area contributed by atoms with Gasteiger partial charge in [-0.2, -0.15) is 0 Å². The third kappa shape index (κ3) is 3.88. The number of carbonyl (C=O) groups excluding carboxylic acids is 4. The number of benzene rings is 4. The average molecular weight is 544 g/mol. The average Bonchev–Trinajstić information content (AvgIpc) is 3.56. The van der Waals surface area contributed by atoms with Gasteiger partial charge in [0.25, 0.3) is 0 Å². The molecule has 7 heteroatoms. The van der Waals surface area contributed by atoms with E-state index in [-0.39, 0.29) is 35.3 Å². The van der Waals surface area contributed by atoms with Crippen LogP contribution in [-0.4, -0.2) is 28.2 Å². The fourth-order valence-electron chi connectivity index (χ4n) is 6.01. The molecule has 2 N–H and O–H groups in total. The van der Waals surface area contributed by atoms with Crippen molar-refractivity contribution in [3.63, 3.8) is 0 Å². The van der Waals surface area contributed by atoms with Crippen molar-refractivity contribution in [1.82, 2.24) is 0 Å². The third-order valence-corrected chi connectivity index (χ3v) is 8.34. The first-order valence-corrected chi connectivity index (χ1v) is 13.5. The van der Waals surface area contributed by atoms with Gasteiger partial charge in [-0.15, -0.1) is 0 Å². The molecule has 7 nitrogen and oxygen atoms in total. The van der Waals surface area contributed by atoms with Crippen LogP contribution in [-0.2, 0) is 6.42 Å². The van der Waals surface area contributed by atoms with Gasteiger partial charge < -0.3 is 15.2 Å². The minimum Gasteiger partial charge on any atom is -0.507 e. The molecule has 1 heterocycles. The number of rotatable bonds is 4. The van der Waals surface area contributed by atoms with Gasteiger partial charge in [-0.05, 0) is 78.9 Å². The summed E-state index contributed by atoms with van der Waals surface area (Å²) in [5, 5.41) is 14.1. The fourth-order valence-corrected chi connectivity index (χ4v) is 6.01. The van der Waals surface area contributed by atoms with Crippen LogP contribution in [0.4, 0.5) is 5.69 Å². The van der Waals surface area contributed by atoms with Crippen LogP contribution in [0.5, 0.6) is 11.5 Å². The molecular formula is C34H25NO6. The van der Waals surface area contributed by atoms with Crippen LogP contribution < -0.4 is 10.1 Å². The van der Waals surface area contributed by atoms with Gasteiger partial charge in [0.05, 0.1) is 23.1 Å². The summed E-state index contributed by atoms with van der Waals surface area (Å²) < 4.78 is 5.98. The van der Waals surface area contributed by atoms with Crippen molar-refractivity contribution >= 4 is 28.8 Å². The number of aryl methyl sites for hydroxylation is 1. The smallest absolute Gasteiger partial charge is 0.200 e. The highest BCUT2D eigenvalue weighted by Gasteiger charge is 2.39. The van der Waals surface area contributed by atoms with E-state index in [1.54, 1.807) is 61.5 Å². The lowest BCUT2D eigenvalue weighted by atomic mass is 9.94. The maximum absolute atomic E-state index is 13.4. The summed E-state index contributed by atoms with van der Waals surface area (Å²) in [5.41, 5.74) is 6.03. The van der Waals surface area contributed by atoms with Crippen molar-refractivity contribution in [2.75, 3.05) is 5.32 Å². The lowest BCUT2D eigenvalue weighted by molar-refractivity contribution is 0.0828. The Morgan fingerprint density at radius 3 is 2.07 bits per heavy atom. The zero-order chi connectivity index (χ0) is 28.6. The topological polar surface area (TPSA) is 110 Å². The van der Waals surface area contributed by atoms with E-state index in [9.17, 15) is 24.3 Å². The van der Waals surface area contributed by atoms with E-state index in [1.165, 1.54) is 0 Å². The molecule has 202 valence electrons. The van der Waals surface area contributed by atoms with Crippen molar-refractivity contribution in [3.8, 4) is 22.6 Å². The van der Waals surface area contributed by atoms with Crippen molar-refractivity contribution in [2.24, 2.45) is 11.8 Å². The minimum absolute atomic E-state index is 0.0150. The molecule has 2 aliphatic carbocycles. The number of hydrogen-bond acceptors (Lipinski definition) is 7. The Kier molecular flexibility index (Phi) is 5.47. The zero-order valence-corrected chi connectivity index (χ0v) is 22.4. The van der Waals surface area contributed by atoms with Crippen molar-refractivity contribution in [1.29, 1.82) is 0 Å². The minimum atomic E-state index is -0.890. The van der Waals surface area contributed by atoms with Gasteiger partial charge in [-0.1, -0.05) is 36.4 Å². The predicted molar refractivity (Wildman–Crippen MR) is 152 cm³/mol. The molecule has 0 fully saturated rings. The molecule has 3 atom stereocenters. The molecule has 3 unspecified atom stereocenters. The van der Waals surface area contributed by atoms with E-state index in [0.29, 0.717) is 50.3 Å². The van der Waals surface area contributed by atoms with Crippen LogP contribution in [0, 0.1) is 18.8 Å². The maximum atomic E-state index is 13.4. The highest BCUT2D eigenvalue weighted by Crippen LogP contribution is 2.41. The number of anilines is 1. The molecule has 0 aromatic heterocycles. The van der Waals surface area contributed by atoms with Gasteiger partial charge in [0.1, 0.15) is 11.5 Å². The van der Waals surface area contributed by atoms with Crippen LogP contribution in [0.3, 0.4) is 0 Å². The van der Waals surface area contributed by atoms with Crippen molar-refractivity contribution < 1.29 is 29.0 Å². The second-order valence-electron chi connectivity index (χ2n) is 11.0. The first-order valence-electron chi connectivity index (χ1n) is 13.5. The summed E-state index contributed by atoms with van der Waals surface area (Å²) in [6.07, 6.45) is -0.393. The molecule has 7 rings (SSSR count). The monoisotopic (exact) mass is 543 g/mol. The zero-order valence-electron chi connectivity index (χ0n) is 22.4. The normalized spacial score (nSPS) is 20.5. The summed E-state index contributed by atoms with van der Waals surface area (Å²) in [5.74, 6) is -1.76. The molecule has 1 aliphatic heterocycles. The fraction of sp³-hybridized carbons (Fsp3) is 0.176. The number of phenols is 1. The summed E-state index contributed by atoms with van der Waals surface area (Å²) in [7, 11) is 0. The summed E-state index contributed by atoms with van der Waals surface area (Å²) in [6.45, 7) is 3.59. The van der Waals surface area contributed by atoms with Gasteiger partial charge in [-0.25, -0.2) is 0 Å². The lowest BCUT2D eigenvalue weighted by Gasteiger charge is -2.15. The lowest BCUT2D eigenvalue weighted by Crippen LogP contribution is -2.18. The van der Waals surface area contributed by atoms with E-state index >= 15 is 0 Å². The SMILES string of the molecule is Cc1ccc2c(c1)OC(c1ccc(CC3C(=O)c4ccc(-c5ccc6c(c5)C(=O)C(C)C6=O)cc4C3=O)cc1O)N2. The number of Topliss-reactive ketones (excluding diaryl/α,β-unsaturated/α-hetero) is 4. The van der Waals surface area contributed by atoms with Crippen LogP contribution in [0.25, 0.3) is 11.1 Å². The highest BCUT2D eigenvalue weighted by atomic mass is 16.5. The number of nitrogens with one attached hydrogen (secondary N) is 1. The van der Waals surface area contributed by atoms with Gasteiger partial charge in [-0.3, -0.25) is 19.2 Å². The highest BCUT2D eigenvalue weighted by molar-refractivity contribution is 6.27. The van der Waals surface area contributed by atoms with Crippen LogP contribution in [0.15, 0.2) is 72.8 Å². The van der Waals surface area contributed by atoms with Gasteiger partial charge in [0.15, 0.2) is 29.4 Å². The van der Waals surface area contributed by atoms with E-state index in [2.05, 4.69) is 5.32 Å². The first-order chi connectivity index (χ1) is 19.7. The van der Waals surface area contributed by atoms with Gasteiger partial charge in [0.2, 0.25) is 0 Å². The Hall–Kier alpha value is -5.04. The number of ether oxygens (including phenoxy) is 1. The molecule has 41 heavy (non-hydrogen) atoms. The van der Waals surface area contributed by atoms with Gasteiger partial charge >= 0.3 is 0 Å². The number of aromatic hydroxyl groups is 1. The molecule has 0 spiro atoms. The standard InChI is InChI=1S/C34H25NO6/c1-16-3-10-27-29(11-16)41-34(35-27)23-7-4-18(13-28(23)36)12-26-32(39)22-9-6-20(15-25(22)33(26)40)19-5-8-21-24(14-19)31(38)17(2)30(21)37/h3-11,13-15,17,26,34-36H,12H2,1-2H3. The first kappa shape index (κ1) is 25.0. The molecule has 0 bridgehead atoms. The van der Waals surface area contributed by atoms with E-state index < -0.39 is 18.1 Å². The van der Waals surface area contributed by atoms with E-state index in [1.807, 2.05) is 25.1 Å². The quantitative estimate of drug-likeness (QED) is 0.298.